The van der Waals surface area contributed by atoms with Crippen molar-refractivity contribution < 1.29 is 19.4 Å². The summed E-state index contributed by atoms with van der Waals surface area (Å²) < 4.78 is 11.1. The lowest BCUT2D eigenvalue weighted by Gasteiger charge is -2.35. The number of rotatable bonds is 3. The van der Waals surface area contributed by atoms with Gasteiger partial charge in [-0.05, 0) is 31.1 Å². The van der Waals surface area contributed by atoms with Crippen molar-refractivity contribution in [2.75, 3.05) is 7.11 Å². The summed E-state index contributed by atoms with van der Waals surface area (Å²) in [5, 5.41) is 10.5. The Kier molecular flexibility index (Phi) is 5.04. The van der Waals surface area contributed by atoms with Gasteiger partial charge in [-0.3, -0.25) is 0 Å². The van der Waals surface area contributed by atoms with Crippen molar-refractivity contribution in [2.45, 2.75) is 45.5 Å². The van der Waals surface area contributed by atoms with E-state index in [9.17, 15) is 9.90 Å². The normalized spacial score (nSPS) is 27.7. The number of carbonyl (C=O) groups is 1. The van der Waals surface area contributed by atoms with Crippen molar-refractivity contribution >= 4 is 5.97 Å². The van der Waals surface area contributed by atoms with Crippen LogP contribution in [0.1, 0.15) is 37.6 Å². The molecule has 0 radical (unpaired) electrons. The molecule has 1 N–H and O–H groups in total. The maximum absolute atomic E-state index is 12.3. The van der Waals surface area contributed by atoms with Gasteiger partial charge in [0.25, 0.3) is 0 Å². The highest BCUT2D eigenvalue weighted by Gasteiger charge is 2.42. The number of aliphatic hydroxyl groups is 1. The zero-order chi connectivity index (χ0) is 16.3. The third-order valence-corrected chi connectivity index (χ3v) is 4.26. The third kappa shape index (κ3) is 3.57. The van der Waals surface area contributed by atoms with Gasteiger partial charge < -0.3 is 14.6 Å². The van der Waals surface area contributed by atoms with Gasteiger partial charge in [-0.15, -0.1) is 0 Å². The molecule has 1 aromatic rings. The van der Waals surface area contributed by atoms with E-state index in [1.54, 1.807) is 37.5 Å². The molecular formula is C18H24O4. The second kappa shape index (κ2) is 6.63. The Balaban J connectivity index is 2.23. The van der Waals surface area contributed by atoms with E-state index in [1.165, 1.54) is 0 Å². The highest BCUT2D eigenvalue weighted by Crippen LogP contribution is 2.37. The maximum Gasteiger partial charge on any atom is 0.338 e. The minimum absolute atomic E-state index is 0.0786. The minimum Gasteiger partial charge on any atom is -0.455 e. The standard InChI is InChI=1S/C18H24O4/c1-12-10-14(19)16(18(2,3)11-15(12)21-4)22-17(20)13-8-6-5-7-9-13/h5-10,14-16,19H,11H2,1-4H3. The molecule has 3 atom stereocenters. The SMILES string of the molecule is COC1CC(C)(C)C(OC(=O)c2ccccc2)C(O)C=C1C. The lowest BCUT2D eigenvalue weighted by atomic mass is 9.80. The molecule has 4 nitrogen and oxygen atoms in total. The smallest absolute Gasteiger partial charge is 0.338 e. The third-order valence-electron chi connectivity index (χ3n) is 4.26. The van der Waals surface area contributed by atoms with Gasteiger partial charge in [-0.25, -0.2) is 4.79 Å². The molecule has 0 amide bonds. The summed E-state index contributed by atoms with van der Waals surface area (Å²) in [4.78, 5) is 12.3. The van der Waals surface area contributed by atoms with Gasteiger partial charge in [-0.2, -0.15) is 0 Å². The number of aliphatic hydroxyl groups excluding tert-OH is 1. The first-order chi connectivity index (χ1) is 10.3. The number of methoxy groups -OCH3 is 1. The summed E-state index contributed by atoms with van der Waals surface area (Å²) in [5.41, 5.74) is 1.04. The fraction of sp³-hybridized carbons (Fsp3) is 0.500. The number of benzene rings is 1. The second-order valence-electron chi connectivity index (χ2n) is 6.51. The Bertz CT molecular complexity index is 547. The molecule has 22 heavy (non-hydrogen) atoms. The summed E-state index contributed by atoms with van der Waals surface area (Å²) in [6.07, 6.45) is 0.866. The molecule has 0 spiro atoms. The van der Waals surface area contributed by atoms with E-state index >= 15 is 0 Å². The van der Waals surface area contributed by atoms with Gasteiger partial charge in [0, 0.05) is 12.5 Å². The first kappa shape index (κ1) is 16.7. The fourth-order valence-electron chi connectivity index (χ4n) is 2.94. The lowest BCUT2D eigenvalue weighted by Crippen LogP contribution is -2.42. The Morgan fingerprint density at radius 3 is 2.50 bits per heavy atom. The van der Waals surface area contributed by atoms with Crippen LogP contribution in [-0.4, -0.2) is 36.5 Å². The van der Waals surface area contributed by atoms with Crippen molar-refractivity contribution in [1.82, 2.24) is 0 Å². The molecule has 2 rings (SSSR count). The number of hydrogen-bond acceptors (Lipinski definition) is 4. The van der Waals surface area contributed by atoms with Crippen molar-refractivity contribution in [3.8, 4) is 0 Å². The molecule has 0 heterocycles. The molecule has 0 fully saturated rings. The summed E-state index contributed by atoms with van der Waals surface area (Å²) in [7, 11) is 1.65. The molecule has 3 unspecified atom stereocenters. The highest BCUT2D eigenvalue weighted by atomic mass is 16.6. The van der Waals surface area contributed by atoms with Gasteiger partial charge in [0.05, 0.1) is 11.7 Å². The van der Waals surface area contributed by atoms with Gasteiger partial charge in [0.1, 0.15) is 12.2 Å². The van der Waals surface area contributed by atoms with Gasteiger partial charge in [-0.1, -0.05) is 38.1 Å². The van der Waals surface area contributed by atoms with Crippen molar-refractivity contribution in [2.24, 2.45) is 5.41 Å². The van der Waals surface area contributed by atoms with Crippen molar-refractivity contribution in [3.63, 3.8) is 0 Å². The number of hydrogen-bond donors (Lipinski definition) is 1. The number of carbonyl (C=O) groups excluding carboxylic acids is 1. The molecule has 0 aliphatic heterocycles. The fourth-order valence-corrected chi connectivity index (χ4v) is 2.94. The molecular weight excluding hydrogens is 280 g/mol. The van der Waals surface area contributed by atoms with Crippen LogP contribution in [0.5, 0.6) is 0 Å². The van der Waals surface area contributed by atoms with Crippen LogP contribution in [-0.2, 0) is 9.47 Å². The number of ether oxygens (including phenoxy) is 2. The second-order valence-corrected chi connectivity index (χ2v) is 6.51. The molecule has 4 heteroatoms. The van der Waals surface area contributed by atoms with Crippen molar-refractivity contribution in [1.29, 1.82) is 0 Å². The zero-order valence-electron chi connectivity index (χ0n) is 13.6. The molecule has 1 aliphatic rings. The highest BCUT2D eigenvalue weighted by molar-refractivity contribution is 5.89. The molecule has 1 aromatic carbocycles. The summed E-state index contributed by atoms with van der Waals surface area (Å²) in [6, 6.07) is 8.83. The van der Waals surface area contributed by atoms with Crippen LogP contribution in [0.15, 0.2) is 42.0 Å². The van der Waals surface area contributed by atoms with Crippen LogP contribution in [0.3, 0.4) is 0 Å². The molecule has 120 valence electrons. The topological polar surface area (TPSA) is 55.8 Å². The van der Waals surface area contributed by atoms with E-state index in [0.29, 0.717) is 12.0 Å². The molecule has 0 saturated carbocycles. The average Bonchev–Trinajstić information content (AvgIpc) is 2.57. The van der Waals surface area contributed by atoms with E-state index in [1.807, 2.05) is 26.8 Å². The van der Waals surface area contributed by atoms with Crippen LogP contribution in [0, 0.1) is 5.41 Å². The Morgan fingerprint density at radius 1 is 1.27 bits per heavy atom. The maximum atomic E-state index is 12.3. The molecule has 1 aliphatic carbocycles. The Hall–Kier alpha value is -1.65. The van der Waals surface area contributed by atoms with E-state index in [0.717, 1.165) is 5.57 Å². The lowest BCUT2D eigenvalue weighted by molar-refractivity contribution is -0.0626. The van der Waals surface area contributed by atoms with E-state index in [4.69, 9.17) is 9.47 Å². The monoisotopic (exact) mass is 304 g/mol. The molecule has 0 aromatic heterocycles. The van der Waals surface area contributed by atoms with Crippen LogP contribution < -0.4 is 0 Å². The Labute approximate surface area is 131 Å². The molecule has 0 bridgehead atoms. The van der Waals surface area contributed by atoms with E-state index < -0.39 is 23.6 Å². The Morgan fingerprint density at radius 2 is 1.91 bits per heavy atom. The summed E-state index contributed by atoms with van der Waals surface area (Å²) in [6.45, 7) is 5.89. The largest absolute Gasteiger partial charge is 0.455 e. The van der Waals surface area contributed by atoms with Crippen LogP contribution in [0.2, 0.25) is 0 Å². The van der Waals surface area contributed by atoms with Crippen molar-refractivity contribution in [3.05, 3.63) is 47.5 Å². The summed E-state index contributed by atoms with van der Waals surface area (Å²) in [5.74, 6) is -0.417. The van der Waals surface area contributed by atoms with Crippen LogP contribution >= 0.6 is 0 Å². The first-order valence-corrected chi connectivity index (χ1v) is 7.50. The zero-order valence-corrected chi connectivity index (χ0v) is 13.6. The van der Waals surface area contributed by atoms with Gasteiger partial charge in [0.15, 0.2) is 0 Å². The first-order valence-electron chi connectivity index (χ1n) is 7.50. The predicted octanol–water partition coefficient (Wildman–Crippen LogP) is 2.96. The molecule has 0 saturated heterocycles. The summed E-state index contributed by atoms with van der Waals surface area (Å²) >= 11 is 0. The minimum atomic E-state index is -0.845. The van der Waals surface area contributed by atoms with Gasteiger partial charge >= 0.3 is 5.97 Å². The quantitative estimate of drug-likeness (QED) is 0.689. The van der Waals surface area contributed by atoms with Gasteiger partial charge in [0.2, 0.25) is 0 Å². The van der Waals surface area contributed by atoms with E-state index in [2.05, 4.69) is 0 Å². The predicted molar refractivity (Wildman–Crippen MR) is 84.6 cm³/mol. The number of esters is 1. The van der Waals surface area contributed by atoms with Crippen LogP contribution in [0.25, 0.3) is 0 Å². The van der Waals surface area contributed by atoms with E-state index in [-0.39, 0.29) is 6.10 Å². The average molecular weight is 304 g/mol. The van der Waals surface area contributed by atoms with Crippen LogP contribution in [0.4, 0.5) is 0 Å².